The lowest BCUT2D eigenvalue weighted by molar-refractivity contribution is 0.172. The minimum Gasteiger partial charge on any atom is -0.497 e. The summed E-state index contributed by atoms with van der Waals surface area (Å²) in [6.07, 6.45) is 0.807. The highest BCUT2D eigenvalue weighted by Gasteiger charge is 2.07. The van der Waals surface area contributed by atoms with Crippen LogP contribution in [0.1, 0.15) is 13.3 Å². The van der Waals surface area contributed by atoms with Gasteiger partial charge in [-0.05, 0) is 43.3 Å². The van der Waals surface area contributed by atoms with Gasteiger partial charge in [0.05, 0.1) is 20.3 Å². The van der Waals surface area contributed by atoms with E-state index in [1.54, 1.807) is 21.3 Å². The van der Waals surface area contributed by atoms with Crippen LogP contribution < -0.4 is 24.8 Å². The number of rotatable bonds is 11. The molecule has 2 rings (SSSR count). The molecule has 0 spiro atoms. The van der Waals surface area contributed by atoms with E-state index in [4.69, 9.17) is 18.9 Å². The molecule has 0 bridgehead atoms. The number of guanidine groups is 1. The second kappa shape index (κ2) is 14.7. The van der Waals surface area contributed by atoms with Crippen LogP contribution in [-0.4, -0.2) is 53.1 Å². The zero-order valence-electron chi connectivity index (χ0n) is 18.0. The molecule has 7 nitrogen and oxygen atoms in total. The molecule has 0 radical (unpaired) electrons. The minimum absolute atomic E-state index is 0. The van der Waals surface area contributed by atoms with Crippen LogP contribution in [0.2, 0.25) is 0 Å². The van der Waals surface area contributed by atoms with Crippen molar-refractivity contribution < 1.29 is 18.9 Å². The van der Waals surface area contributed by atoms with Crippen molar-refractivity contribution in [2.24, 2.45) is 4.99 Å². The van der Waals surface area contributed by atoms with Gasteiger partial charge in [0.25, 0.3) is 0 Å². The molecule has 0 aliphatic carbocycles. The monoisotopic (exact) mass is 529 g/mol. The van der Waals surface area contributed by atoms with Gasteiger partial charge in [-0.25, -0.2) is 0 Å². The predicted molar refractivity (Wildman–Crippen MR) is 132 cm³/mol. The Labute approximate surface area is 196 Å². The Morgan fingerprint density at radius 1 is 1.00 bits per heavy atom. The van der Waals surface area contributed by atoms with E-state index in [1.807, 2.05) is 55.5 Å². The van der Waals surface area contributed by atoms with E-state index in [-0.39, 0.29) is 30.1 Å². The third-order valence-corrected chi connectivity index (χ3v) is 4.04. The van der Waals surface area contributed by atoms with Crippen molar-refractivity contribution in [1.29, 1.82) is 0 Å². The molecule has 0 amide bonds. The van der Waals surface area contributed by atoms with Crippen LogP contribution in [0.3, 0.4) is 0 Å². The van der Waals surface area contributed by atoms with Gasteiger partial charge in [0.15, 0.2) is 5.96 Å². The van der Waals surface area contributed by atoms with E-state index in [9.17, 15) is 0 Å². The van der Waals surface area contributed by atoms with Crippen molar-refractivity contribution in [3.8, 4) is 17.2 Å². The maximum absolute atomic E-state index is 5.91. The number of nitrogens with zero attached hydrogens (tertiary/aromatic N) is 1. The summed E-state index contributed by atoms with van der Waals surface area (Å²) in [5.74, 6) is 3.06. The number of hydrogen-bond donors (Lipinski definition) is 2. The normalized spacial score (nSPS) is 11.8. The van der Waals surface area contributed by atoms with E-state index in [0.29, 0.717) is 25.7 Å². The molecule has 0 fully saturated rings. The lowest BCUT2D eigenvalue weighted by atomic mass is 10.3. The van der Waals surface area contributed by atoms with Crippen LogP contribution in [0.25, 0.3) is 0 Å². The van der Waals surface area contributed by atoms with E-state index in [1.165, 1.54) is 0 Å². The second-order valence-corrected chi connectivity index (χ2v) is 6.40. The fourth-order valence-electron chi connectivity index (χ4n) is 2.54. The van der Waals surface area contributed by atoms with Gasteiger partial charge in [-0.15, -0.1) is 24.0 Å². The number of hydrogen-bond acceptors (Lipinski definition) is 5. The first-order valence-corrected chi connectivity index (χ1v) is 9.64. The van der Waals surface area contributed by atoms with Crippen LogP contribution in [0, 0.1) is 0 Å². The Morgan fingerprint density at radius 2 is 1.73 bits per heavy atom. The van der Waals surface area contributed by atoms with Crippen molar-refractivity contribution in [1.82, 2.24) is 5.32 Å². The number of ether oxygens (including phenoxy) is 4. The summed E-state index contributed by atoms with van der Waals surface area (Å²) in [4.78, 5) is 4.27. The first-order chi connectivity index (χ1) is 14.1. The van der Waals surface area contributed by atoms with Crippen LogP contribution >= 0.6 is 24.0 Å². The molecule has 30 heavy (non-hydrogen) atoms. The summed E-state index contributed by atoms with van der Waals surface area (Å²) in [7, 11) is 5.06. The number of anilines is 1. The van der Waals surface area contributed by atoms with Crippen molar-refractivity contribution in [2.45, 2.75) is 19.4 Å². The van der Waals surface area contributed by atoms with Crippen molar-refractivity contribution in [3.05, 3.63) is 48.5 Å². The minimum atomic E-state index is -0.0441. The summed E-state index contributed by atoms with van der Waals surface area (Å²) in [5.41, 5.74) is 0.895. The average Bonchev–Trinajstić information content (AvgIpc) is 2.75. The molecule has 0 saturated carbocycles. The summed E-state index contributed by atoms with van der Waals surface area (Å²) >= 11 is 0. The van der Waals surface area contributed by atoms with Gasteiger partial charge in [-0.3, -0.25) is 4.99 Å². The molecule has 2 N–H and O–H groups in total. The lowest BCUT2D eigenvalue weighted by Gasteiger charge is -2.18. The van der Waals surface area contributed by atoms with Gasteiger partial charge in [-0.1, -0.05) is 6.07 Å². The molecule has 0 aliphatic heterocycles. The highest BCUT2D eigenvalue weighted by atomic mass is 127. The molecule has 2 aromatic carbocycles. The Morgan fingerprint density at radius 3 is 2.40 bits per heavy atom. The zero-order valence-corrected chi connectivity index (χ0v) is 20.3. The molecular weight excluding hydrogens is 497 g/mol. The number of halogens is 1. The fraction of sp³-hybridized carbons (Fsp3) is 0.409. The molecule has 2 aromatic rings. The molecule has 0 aliphatic rings. The Balaban J connectivity index is 0.00000450. The highest BCUT2D eigenvalue weighted by molar-refractivity contribution is 14.0. The highest BCUT2D eigenvalue weighted by Crippen LogP contribution is 2.19. The van der Waals surface area contributed by atoms with Gasteiger partial charge in [0, 0.05) is 38.9 Å². The summed E-state index contributed by atoms with van der Waals surface area (Å²) < 4.78 is 21.8. The van der Waals surface area contributed by atoms with Gasteiger partial charge in [0.1, 0.15) is 23.4 Å². The zero-order chi connectivity index (χ0) is 20.9. The molecule has 166 valence electrons. The topological polar surface area (TPSA) is 73.3 Å². The molecule has 8 heteroatoms. The third kappa shape index (κ3) is 9.53. The number of nitrogens with one attached hydrogen (secondary N) is 2. The van der Waals surface area contributed by atoms with Gasteiger partial charge < -0.3 is 29.6 Å². The van der Waals surface area contributed by atoms with E-state index < -0.39 is 0 Å². The Kier molecular flexibility index (Phi) is 12.7. The SMILES string of the molecule is CN=C(NCC(C)Oc1ccc(OC)cc1)Nc1cccc(OCCCOC)c1.I. The van der Waals surface area contributed by atoms with Crippen LogP contribution in [0.5, 0.6) is 17.2 Å². The van der Waals surface area contributed by atoms with Gasteiger partial charge in [0.2, 0.25) is 0 Å². The van der Waals surface area contributed by atoms with Crippen molar-refractivity contribution in [2.75, 3.05) is 46.3 Å². The van der Waals surface area contributed by atoms with Crippen molar-refractivity contribution in [3.63, 3.8) is 0 Å². The Hall–Kier alpha value is -2.20. The van der Waals surface area contributed by atoms with Gasteiger partial charge >= 0.3 is 0 Å². The lowest BCUT2D eigenvalue weighted by Crippen LogP contribution is -2.37. The number of benzene rings is 2. The van der Waals surface area contributed by atoms with E-state index in [2.05, 4.69) is 15.6 Å². The number of methoxy groups -OCH3 is 2. The van der Waals surface area contributed by atoms with E-state index in [0.717, 1.165) is 29.4 Å². The first kappa shape index (κ1) is 25.8. The third-order valence-electron chi connectivity index (χ3n) is 4.04. The molecule has 0 aromatic heterocycles. The predicted octanol–water partition coefficient (Wildman–Crippen LogP) is 4.18. The summed E-state index contributed by atoms with van der Waals surface area (Å²) in [6, 6.07) is 15.3. The Bertz CT molecular complexity index is 756. The van der Waals surface area contributed by atoms with Gasteiger partial charge in [-0.2, -0.15) is 0 Å². The van der Waals surface area contributed by atoms with Crippen LogP contribution in [0.15, 0.2) is 53.5 Å². The van der Waals surface area contributed by atoms with E-state index >= 15 is 0 Å². The quantitative estimate of drug-likeness (QED) is 0.197. The fourth-order valence-corrected chi connectivity index (χ4v) is 2.54. The van der Waals surface area contributed by atoms with Crippen LogP contribution in [0.4, 0.5) is 5.69 Å². The molecule has 1 atom stereocenters. The molecule has 1 unspecified atom stereocenters. The molecule has 0 saturated heterocycles. The first-order valence-electron chi connectivity index (χ1n) is 9.64. The van der Waals surface area contributed by atoms with Crippen molar-refractivity contribution >= 4 is 35.6 Å². The number of aliphatic imine (C=N–C) groups is 1. The standard InChI is InChI=1S/C22H31N3O4.HI/c1-17(29-20-11-9-19(27-4)10-12-20)16-24-22(23-2)25-18-7-5-8-21(15-18)28-14-6-13-26-3;/h5,7-12,15,17H,6,13-14,16H2,1-4H3,(H2,23,24,25);1H. The largest absolute Gasteiger partial charge is 0.497 e. The molecular formula is C22H32IN3O4. The maximum Gasteiger partial charge on any atom is 0.195 e. The second-order valence-electron chi connectivity index (χ2n) is 6.40. The molecule has 0 heterocycles. The maximum atomic E-state index is 5.91. The summed E-state index contributed by atoms with van der Waals surface area (Å²) in [6.45, 7) is 3.90. The average molecular weight is 529 g/mol. The summed E-state index contributed by atoms with van der Waals surface area (Å²) in [5, 5.41) is 6.54. The smallest absolute Gasteiger partial charge is 0.195 e. The van der Waals surface area contributed by atoms with Crippen LogP contribution in [-0.2, 0) is 4.74 Å².